The van der Waals surface area contributed by atoms with Crippen LogP contribution < -0.4 is 15.8 Å². The van der Waals surface area contributed by atoms with E-state index in [9.17, 15) is 17.6 Å². The number of amides is 1. The zero-order valence-corrected chi connectivity index (χ0v) is 12.7. The van der Waals surface area contributed by atoms with Gasteiger partial charge in [-0.25, -0.2) is 12.8 Å². The zero-order valence-electron chi connectivity index (χ0n) is 10.3. The molecule has 9 heteroatoms. The molecule has 1 unspecified atom stereocenters. The van der Waals surface area contributed by atoms with Crippen molar-refractivity contribution in [2.24, 2.45) is 0 Å². The largest absolute Gasteiger partial charge is 0.398 e. The predicted octanol–water partition coefficient (Wildman–Crippen LogP) is 0.727. The minimum absolute atomic E-state index is 0.0971. The first-order valence-corrected chi connectivity index (χ1v) is 8.13. The Kier molecular flexibility index (Phi) is 4.31. The summed E-state index contributed by atoms with van der Waals surface area (Å²) in [4.78, 5) is 11.0. The summed E-state index contributed by atoms with van der Waals surface area (Å²) in [5.41, 5.74) is 5.66. The number of rotatable bonds is 3. The second kappa shape index (κ2) is 5.66. The zero-order chi connectivity index (χ0) is 14.9. The third-order valence-electron chi connectivity index (χ3n) is 2.92. The Balaban J connectivity index is 2.31. The van der Waals surface area contributed by atoms with Gasteiger partial charge < -0.3 is 11.1 Å². The fourth-order valence-electron chi connectivity index (χ4n) is 1.89. The summed E-state index contributed by atoms with van der Waals surface area (Å²) < 4.78 is 40.5. The number of nitrogens with one attached hydrogen (secondary N) is 2. The molecule has 0 saturated carbocycles. The number of hydrogen-bond acceptors (Lipinski definition) is 4. The maximum absolute atomic E-state index is 13.8. The van der Waals surface area contributed by atoms with Crippen LogP contribution in [0.1, 0.15) is 12.8 Å². The second-order valence-electron chi connectivity index (χ2n) is 4.41. The Bertz CT molecular complexity index is 651. The lowest BCUT2D eigenvalue weighted by Gasteiger charge is -2.22. The molecule has 0 aliphatic carbocycles. The third kappa shape index (κ3) is 3.10. The standard InChI is InChI=1S/C11H13BrFN3O3S/c12-6-4-7(13)10(5-8(6)14)20(18,19)16-9-2-1-3-15-11(9)17/h4-5,9,16H,1-3,14H2,(H,15,17). The highest BCUT2D eigenvalue weighted by Gasteiger charge is 2.29. The van der Waals surface area contributed by atoms with Gasteiger partial charge >= 0.3 is 0 Å². The molecule has 1 fully saturated rings. The van der Waals surface area contributed by atoms with Crippen LogP contribution in [0.3, 0.4) is 0 Å². The summed E-state index contributed by atoms with van der Waals surface area (Å²) in [6.45, 7) is 0.511. The van der Waals surface area contributed by atoms with Crippen molar-refractivity contribution in [3.8, 4) is 0 Å². The number of nitrogens with two attached hydrogens (primary N) is 1. The van der Waals surface area contributed by atoms with Crippen molar-refractivity contribution in [2.75, 3.05) is 12.3 Å². The number of piperidine rings is 1. The van der Waals surface area contributed by atoms with Crippen LogP contribution in [0, 0.1) is 5.82 Å². The normalized spacial score (nSPS) is 19.7. The summed E-state index contributed by atoms with van der Waals surface area (Å²) in [5.74, 6) is -1.35. The average molecular weight is 366 g/mol. The van der Waals surface area contributed by atoms with E-state index in [-0.39, 0.29) is 10.2 Å². The molecule has 1 atom stereocenters. The van der Waals surface area contributed by atoms with E-state index in [1.165, 1.54) is 0 Å². The molecule has 1 heterocycles. The van der Waals surface area contributed by atoms with E-state index in [1.54, 1.807) is 0 Å². The minimum atomic E-state index is -4.15. The van der Waals surface area contributed by atoms with Crippen molar-refractivity contribution in [3.05, 3.63) is 22.4 Å². The van der Waals surface area contributed by atoms with Gasteiger partial charge in [0.15, 0.2) is 0 Å². The van der Waals surface area contributed by atoms with Crippen LogP contribution in [-0.4, -0.2) is 26.9 Å². The molecule has 1 saturated heterocycles. The van der Waals surface area contributed by atoms with Gasteiger partial charge in [0.25, 0.3) is 0 Å². The minimum Gasteiger partial charge on any atom is -0.398 e. The fourth-order valence-corrected chi connectivity index (χ4v) is 3.53. The quantitative estimate of drug-likeness (QED) is 0.687. The lowest BCUT2D eigenvalue weighted by molar-refractivity contribution is -0.124. The van der Waals surface area contributed by atoms with Gasteiger partial charge in [-0.2, -0.15) is 4.72 Å². The monoisotopic (exact) mass is 365 g/mol. The molecule has 1 aromatic carbocycles. The van der Waals surface area contributed by atoms with E-state index in [0.29, 0.717) is 19.4 Å². The second-order valence-corrected chi connectivity index (χ2v) is 6.95. The highest BCUT2D eigenvalue weighted by atomic mass is 79.9. The van der Waals surface area contributed by atoms with Crippen LogP contribution >= 0.6 is 15.9 Å². The highest BCUT2D eigenvalue weighted by Crippen LogP contribution is 2.26. The smallest absolute Gasteiger partial charge is 0.244 e. The lowest BCUT2D eigenvalue weighted by atomic mass is 10.1. The van der Waals surface area contributed by atoms with Gasteiger partial charge in [0.05, 0.1) is 0 Å². The average Bonchev–Trinajstić information content (AvgIpc) is 2.36. The van der Waals surface area contributed by atoms with E-state index >= 15 is 0 Å². The van der Waals surface area contributed by atoms with Crippen LogP contribution in [0.5, 0.6) is 0 Å². The van der Waals surface area contributed by atoms with Gasteiger partial charge in [0.1, 0.15) is 16.8 Å². The van der Waals surface area contributed by atoms with Gasteiger partial charge in [0, 0.05) is 16.7 Å². The topological polar surface area (TPSA) is 101 Å². The Morgan fingerprint density at radius 1 is 1.45 bits per heavy atom. The maximum Gasteiger partial charge on any atom is 0.244 e. The van der Waals surface area contributed by atoms with Crippen molar-refractivity contribution in [2.45, 2.75) is 23.8 Å². The first-order chi connectivity index (χ1) is 9.31. The van der Waals surface area contributed by atoms with E-state index in [0.717, 1.165) is 12.1 Å². The van der Waals surface area contributed by atoms with Gasteiger partial charge in [-0.15, -0.1) is 0 Å². The number of sulfonamides is 1. The Morgan fingerprint density at radius 3 is 2.80 bits per heavy atom. The van der Waals surface area contributed by atoms with Crippen LogP contribution in [0.25, 0.3) is 0 Å². The van der Waals surface area contributed by atoms with Crippen LogP contribution in [0.15, 0.2) is 21.5 Å². The molecular weight excluding hydrogens is 353 g/mol. The summed E-state index contributed by atoms with van der Waals surface area (Å²) in [7, 11) is -4.15. The summed E-state index contributed by atoms with van der Waals surface area (Å²) in [6.07, 6.45) is 1.03. The van der Waals surface area contributed by atoms with Gasteiger partial charge in [-0.1, -0.05) is 0 Å². The molecule has 0 bridgehead atoms. The van der Waals surface area contributed by atoms with Crippen molar-refractivity contribution in [3.63, 3.8) is 0 Å². The van der Waals surface area contributed by atoms with E-state index in [2.05, 4.69) is 26.0 Å². The van der Waals surface area contributed by atoms with E-state index < -0.39 is 32.7 Å². The maximum atomic E-state index is 13.8. The third-order valence-corrected chi connectivity index (χ3v) is 5.10. The summed E-state index contributed by atoms with van der Waals surface area (Å²) in [6, 6.07) is 1.10. The van der Waals surface area contributed by atoms with Crippen molar-refractivity contribution >= 4 is 37.5 Å². The van der Waals surface area contributed by atoms with Crippen molar-refractivity contribution in [1.29, 1.82) is 0 Å². The summed E-state index contributed by atoms with van der Waals surface area (Å²) >= 11 is 3.01. The van der Waals surface area contributed by atoms with Crippen LogP contribution in [0.4, 0.5) is 10.1 Å². The van der Waals surface area contributed by atoms with Crippen molar-refractivity contribution < 1.29 is 17.6 Å². The number of anilines is 1. The predicted molar refractivity (Wildman–Crippen MR) is 74.9 cm³/mol. The fraction of sp³-hybridized carbons (Fsp3) is 0.364. The number of nitrogen functional groups attached to an aromatic ring is 1. The lowest BCUT2D eigenvalue weighted by Crippen LogP contribution is -2.50. The Hall–Kier alpha value is -1.19. The first-order valence-electron chi connectivity index (χ1n) is 5.86. The molecule has 1 amide bonds. The molecule has 1 aliphatic heterocycles. The Labute approximate surface area is 124 Å². The molecule has 20 heavy (non-hydrogen) atoms. The van der Waals surface area contributed by atoms with Crippen LogP contribution in [-0.2, 0) is 14.8 Å². The van der Waals surface area contributed by atoms with Crippen molar-refractivity contribution in [1.82, 2.24) is 10.0 Å². The molecule has 1 aromatic rings. The molecule has 4 N–H and O–H groups in total. The number of carbonyl (C=O) groups excluding carboxylic acids is 1. The highest BCUT2D eigenvalue weighted by molar-refractivity contribution is 9.10. The molecule has 0 aromatic heterocycles. The molecule has 110 valence electrons. The first kappa shape index (κ1) is 15.2. The van der Waals surface area contributed by atoms with Gasteiger partial charge in [0.2, 0.25) is 15.9 Å². The SMILES string of the molecule is Nc1cc(S(=O)(=O)NC2CCCNC2=O)c(F)cc1Br. The van der Waals surface area contributed by atoms with Gasteiger partial charge in [-0.05, 0) is 40.9 Å². The molecule has 6 nitrogen and oxygen atoms in total. The molecule has 0 radical (unpaired) electrons. The summed E-state index contributed by atoms with van der Waals surface area (Å²) in [5, 5.41) is 2.55. The van der Waals surface area contributed by atoms with Gasteiger partial charge in [-0.3, -0.25) is 4.79 Å². The van der Waals surface area contributed by atoms with E-state index in [1.807, 2.05) is 0 Å². The van der Waals surface area contributed by atoms with Crippen LogP contribution in [0.2, 0.25) is 0 Å². The molecule has 1 aliphatic rings. The number of carbonyl (C=O) groups is 1. The molecule has 2 rings (SSSR count). The molecular formula is C11H13BrFN3O3S. The Morgan fingerprint density at radius 2 is 2.15 bits per heavy atom. The van der Waals surface area contributed by atoms with E-state index in [4.69, 9.17) is 5.73 Å². The molecule has 0 spiro atoms. The number of hydrogen-bond donors (Lipinski definition) is 3. The number of benzene rings is 1. The number of halogens is 2.